The predicted molar refractivity (Wildman–Crippen MR) is 63.1 cm³/mol. The quantitative estimate of drug-likeness (QED) is 0.804. The largest absolute Gasteiger partial charge is 0.383 e. The molecule has 0 unspecified atom stereocenters. The van der Waals surface area contributed by atoms with Gasteiger partial charge in [0.05, 0.1) is 17.9 Å². The van der Waals surface area contributed by atoms with Gasteiger partial charge in [-0.15, -0.1) is 0 Å². The number of rotatable bonds is 5. The second-order valence-electron chi connectivity index (χ2n) is 4.90. The number of hydrogen-bond acceptors (Lipinski definition) is 2. The number of nitrogens with zero attached hydrogens (tertiary/aromatic N) is 2. The molecule has 2 rings (SSSR count). The van der Waals surface area contributed by atoms with Crippen molar-refractivity contribution in [1.82, 2.24) is 9.78 Å². The van der Waals surface area contributed by atoms with Crippen molar-refractivity contribution >= 4 is 5.69 Å². The maximum atomic E-state index is 4.39. The average Bonchev–Trinajstić information content (AvgIpc) is 2.49. The molecule has 0 amide bonds. The van der Waals surface area contributed by atoms with Crippen LogP contribution in [0.25, 0.3) is 0 Å². The van der Waals surface area contributed by atoms with Gasteiger partial charge in [-0.1, -0.05) is 13.8 Å². The lowest BCUT2D eigenvalue weighted by molar-refractivity contribution is 0.289. The molecule has 1 saturated carbocycles. The molecule has 1 N–H and O–H groups in total. The maximum absolute atomic E-state index is 4.39. The van der Waals surface area contributed by atoms with Crippen molar-refractivity contribution in [2.24, 2.45) is 5.92 Å². The lowest BCUT2D eigenvalue weighted by Gasteiger charge is -2.25. The van der Waals surface area contributed by atoms with Gasteiger partial charge in [-0.25, -0.2) is 0 Å². The van der Waals surface area contributed by atoms with Crippen LogP contribution in [0.4, 0.5) is 5.69 Å². The first-order valence-electron chi connectivity index (χ1n) is 6.03. The van der Waals surface area contributed by atoms with Crippen LogP contribution in [0, 0.1) is 5.92 Å². The van der Waals surface area contributed by atoms with E-state index in [-0.39, 0.29) is 0 Å². The molecule has 0 spiro atoms. The molecule has 0 radical (unpaired) electrons. The standard InChI is InChI=1S/C12H21N3/c1-10(2)6-7-13-11-8-14-15(9-11)12-4-3-5-12/h8-10,12-13H,3-7H2,1-2H3. The van der Waals surface area contributed by atoms with Crippen LogP contribution in [-0.4, -0.2) is 16.3 Å². The average molecular weight is 207 g/mol. The maximum Gasteiger partial charge on any atom is 0.0726 e. The first kappa shape index (κ1) is 10.5. The third-order valence-electron chi connectivity index (χ3n) is 3.10. The Labute approximate surface area is 91.9 Å². The zero-order valence-corrected chi connectivity index (χ0v) is 9.74. The fourth-order valence-corrected chi connectivity index (χ4v) is 1.79. The highest BCUT2D eigenvalue weighted by Gasteiger charge is 2.19. The predicted octanol–water partition coefficient (Wildman–Crippen LogP) is 3.07. The Balaban J connectivity index is 1.79. The Bertz CT molecular complexity index is 300. The third kappa shape index (κ3) is 2.74. The summed E-state index contributed by atoms with van der Waals surface area (Å²) in [6, 6.07) is 0.672. The van der Waals surface area contributed by atoms with Crippen molar-refractivity contribution in [1.29, 1.82) is 0 Å². The van der Waals surface area contributed by atoms with Crippen LogP contribution in [0.15, 0.2) is 12.4 Å². The molecule has 3 nitrogen and oxygen atoms in total. The number of nitrogens with one attached hydrogen (secondary N) is 1. The van der Waals surface area contributed by atoms with Crippen molar-refractivity contribution in [3.63, 3.8) is 0 Å². The summed E-state index contributed by atoms with van der Waals surface area (Å²) in [5.41, 5.74) is 1.17. The topological polar surface area (TPSA) is 29.9 Å². The van der Waals surface area contributed by atoms with E-state index in [0.29, 0.717) is 6.04 Å². The molecule has 1 fully saturated rings. The van der Waals surface area contributed by atoms with Crippen molar-refractivity contribution in [2.45, 2.75) is 45.6 Å². The van der Waals surface area contributed by atoms with Crippen LogP contribution in [0.1, 0.15) is 45.6 Å². The molecule has 1 heterocycles. The van der Waals surface area contributed by atoms with E-state index in [1.54, 1.807) is 0 Å². The van der Waals surface area contributed by atoms with Crippen LogP contribution in [0.3, 0.4) is 0 Å². The Morgan fingerprint density at radius 2 is 2.33 bits per heavy atom. The number of aromatic nitrogens is 2. The summed E-state index contributed by atoms with van der Waals surface area (Å²) in [7, 11) is 0. The fourth-order valence-electron chi connectivity index (χ4n) is 1.79. The summed E-state index contributed by atoms with van der Waals surface area (Å²) in [6.45, 7) is 5.55. The van der Waals surface area contributed by atoms with E-state index in [4.69, 9.17) is 0 Å². The van der Waals surface area contributed by atoms with Crippen molar-refractivity contribution in [3.8, 4) is 0 Å². The Kier molecular flexibility index (Phi) is 3.29. The van der Waals surface area contributed by atoms with Gasteiger partial charge in [0.25, 0.3) is 0 Å². The van der Waals surface area contributed by atoms with E-state index >= 15 is 0 Å². The van der Waals surface area contributed by atoms with E-state index in [2.05, 4.69) is 35.1 Å². The SMILES string of the molecule is CC(C)CCNc1cnn(C2CCC2)c1. The normalized spacial score (nSPS) is 16.7. The molecule has 3 heteroatoms. The molecule has 1 aliphatic rings. The smallest absolute Gasteiger partial charge is 0.0726 e. The molecule has 0 bridgehead atoms. The molecule has 84 valence electrons. The highest BCUT2D eigenvalue weighted by Crippen LogP contribution is 2.31. The molecule has 15 heavy (non-hydrogen) atoms. The van der Waals surface area contributed by atoms with E-state index in [9.17, 15) is 0 Å². The highest BCUT2D eigenvalue weighted by atomic mass is 15.3. The van der Waals surface area contributed by atoms with Gasteiger partial charge in [0.1, 0.15) is 0 Å². The van der Waals surface area contributed by atoms with E-state index in [0.717, 1.165) is 12.5 Å². The first-order chi connectivity index (χ1) is 7.25. The Hall–Kier alpha value is -0.990. The van der Waals surface area contributed by atoms with Crippen LogP contribution in [0.2, 0.25) is 0 Å². The van der Waals surface area contributed by atoms with E-state index in [1.165, 1.54) is 31.4 Å². The molecule has 0 aliphatic heterocycles. The van der Waals surface area contributed by atoms with Crippen molar-refractivity contribution in [3.05, 3.63) is 12.4 Å². The number of anilines is 1. The van der Waals surface area contributed by atoms with Gasteiger partial charge in [-0.05, 0) is 31.6 Å². The van der Waals surface area contributed by atoms with Gasteiger partial charge in [-0.2, -0.15) is 5.10 Å². The number of hydrogen-bond donors (Lipinski definition) is 1. The summed E-state index contributed by atoms with van der Waals surface area (Å²) in [5.74, 6) is 0.763. The lowest BCUT2D eigenvalue weighted by atomic mass is 9.93. The summed E-state index contributed by atoms with van der Waals surface area (Å²) in [4.78, 5) is 0. The molecule has 1 aromatic heterocycles. The minimum Gasteiger partial charge on any atom is -0.383 e. The molecular formula is C12H21N3. The molecule has 0 aromatic carbocycles. The minimum absolute atomic E-state index is 0.672. The minimum atomic E-state index is 0.672. The van der Waals surface area contributed by atoms with Gasteiger partial charge in [0.2, 0.25) is 0 Å². The van der Waals surface area contributed by atoms with Gasteiger partial charge < -0.3 is 5.32 Å². The monoisotopic (exact) mass is 207 g/mol. The van der Waals surface area contributed by atoms with E-state index < -0.39 is 0 Å². The van der Waals surface area contributed by atoms with Crippen LogP contribution in [-0.2, 0) is 0 Å². The molecule has 1 aliphatic carbocycles. The second kappa shape index (κ2) is 4.69. The summed E-state index contributed by atoms with van der Waals surface area (Å²) in [6.07, 6.45) is 9.26. The van der Waals surface area contributed by atoms with Gasteiger partial charge in [0, 0.05) is 12.7 Å². The van der Waals surface area contributed by atoms with Crippen molar-refractivity contribution < 1.29 is 0 Å². The van der Waals surface area contributed by atoms with Crippen LogP contribution >= 0.6 is 0 Å². The Morgan fingerprint density at radius 3 is 2.93 bits per heavy atom. The first-order valence-corrected chi connectivity index (χ1v) is 6.03. The molecule has 1 aromatic rings. The molecular weight excluding hydrogens is 186 g/mol. The zero-order chi connectivity index (χ0) is 10.7. The zero-order valence-electron chi connectivity index (χ0n) is 9.74. The van der Waals surface area contributed by atoms with Crippen LogP contribution < -0.4 is 5.32 Å². The van der Waals surface area contributed by atoms with Crippen molar-refractivity contribution in [2.75, 3.05) is 11.9 Å². The lowest BCUT2D eigenvalue weighted by Crippen LogP contribution is -2.17. The third-order valence-corrected chi connectivity index (χ3v) is 3.10. The highest BCUT2D eigenvalue weighted by molar-refractivity contribution is 5.38. The summed E-state index contributed by atoms with van der Waals surface area (Å²) in [5, 5.41) is 7.81. The fraction of sp³-hybridized carbons (Fsp3) is 0.750. The second-order valence-corrected chi connectivity index (χ2v) is 4.90. The molecule has 0 saturated heterocycles. The van der Waals surface area contributed by atoms with Gasteiger partial charge >= 0.3 is 0 Å². The van der Waals surface area contributed by atoms with Gasteiger partial charge in [-0.3, -0.25) is 4.68 Å². The summed E-state index contributed by atoms with van der Waals surface area (Å²) < 4.78 is 2.11. The summed E-state index contributed by atoms with van der Waals surface area (Å²) >= 11 is 0. The van der Waals surface area contributed by atoms with E-state index in [1.807, 2.05) is 6.20 Å². The van der Waals surface area contributed by atoms with Crippen LogP contribution in [0.5, 0.6) is 0 Å². The van der Waals surface area contributed by atoms with Gasteiger partial charge in [0.15, 0.2) is 0 Å². The Morgan fingerprint density at radius 1 is 1.53 bits per heavy atom. The molecule has 0 atom stereocenters.